The molecule has 0 aliphatic rings. The van der Waals surface area contributed by atoms with E-state index in [9.17, 15) is 9.59 Å². The van der Waals surface area contributed by atoms with Crippen LogP contribution in [0.3, 0.4) is 0 Å². The van der Waals surface area contributed by atoms with Crippen molar-refractivity contribution in [3.8, 4) is 0 Å². The number of urea groups is 1. The fraction of sp³-hybridized carbons (Fsp3) is 0.0870. The van der Waals surface area contributed by atoms with Gasteiger partial charge in [0.15, 0.2) is 0 Å². The van der Waals surface area contributed by atoms with Crippen LogP contribution in [0.4, 0.5) is 21.9 Å². The fourth-order valence-corrected chi connectivity index (χ4v) is 3.93. The highest BCUT2D eigenvalue weighted by molar-refractivity contribution is 7.13. The second-order valence-electron chi connectivity index (χ2n) is 7.02. The predicted octanol–water partition coefficient (Wildman–Crippen LogP) is 4.00. The van der Waals surface area contributed by atoms with Gasteiger partial charge in [0.1, 0.15) is 0 Å². The van der Waals surface area contributed by atoms with Gasteiger partial charge in [0.25, 0.3) is 5.91 Å². The van der Waals surface area contributed by atoms with Crippen molar-refractivity contribution < 1.29 is 14.7 Å². The molecular weight excluding hydrogens is 426 g/mol. The van der Waals surface area contributed by atoms with E-state index in [1.165, 1.54) is 11.5 Å². The molecular formula is C23H21N5O3S. The third-order valence-corrected chi connectivity index (χ3v) is 5.60. The second-order valence-corrected chi connectivity index (χ2v) is 7.85. The number of benzene rings is 3. The van der Waals surface area contributed by atoms with Gasteiger partial charge in [0.05, 0.1) is 16.0 Å². The van der Waals surface area contributed by atoms with Gasteiger partial charge in [-0.1, -0.05) is 18.2 Å². The first-order valence-electron chi connectivity index (χ1n) is 9.85. The van der Waals surface area contributed by atoms with Crippen LogP contribution in [-0.4, -0.2) is 28.0 Å². The van der Waals surface area contributed by atoms with Gasteiger partial charge in [0.2, 0.25) is 0 Å². The van der Waals surface area contributed by atoms with Crippen molar-refractivity contribution in [2.75, 3.05) is 22.2 Å². The number of aromatic nitrogens is 1. The minimum absolute atomic E-state index is 0.0436. The van der Waals surface area contributed by atoms with Crippen LogP contribution in [0, 0.1) is 0 Å². The Balaban J connectivity index is 1.41. The topological polar surface area (TPSA) is 121 Å². The molecule has 5 N–H and O–H groups in total. The van der Waals surface area contributed by atoms with Crippen molar-refractivity contribution >= 4 is 50.6 Å². The molecule has 4 rings (SSSR count). The van der Waals surface area contributed by atoms with E-state index in [1.54, 1.807) is 54.7 Å². The maximum absolute atomic E-state index is 12.9. The molecule has 0 unspecified atom stereocenters. The van der Waals surface area contributed by atoms with Crippen molar-refractivity contribution in [1.82, 2.24) is 4.37 Å². The van der Waals surface area contributed by atoms with Gasteiger partial charge < -0.3 is 15.7 Å². The number of hydrogen-bond donors (Lipinski definition) is 4. The van der Waals surface area contributed by atoms with Crippen LogP contribution in [0.25, 0.3) is 10.1 Å². The zero-order valence-electron chi connectivity index (χ0n) is 17.0. The number of nitrogens with two attached hydrogens (primary N) is 1. The molecule has 4 aromatic rings. The first kappa shape index (κ1) is 21.4. The summed E-state index contributed by atoms with van der Waals surface area (Å²) in [5.74, 6) is 5.72. The average molecular weight is 448 g/mol. The Morgan fingerprint density at radius 1 is 1.00 bits per heavy atom. The van der Waals surface area contributed by atoms with E-state index in [-0.39, 0.29) is 12.5 Å². The molecule has 3 amide bonds. The van der Waals surface area contributed by atoms with Crippen LogP contribution >= 0.6 is 11.5 Å². The monoisotopic (exact) mass is 447 g/mol. The number of aliphatic hydroxyl groups excluding tert-OH is 1. The van der Waals surface area contributed by atoms with Crippen molar-refractivity contribution in [1.29, 1.82) is 0 Å². The quantitative estimate of drug-likeness (QED) is 0.202. The smallest absolute Gasteiger partial charge is 0.323 e. The van der Waals surface area contributed by atoms with Gasteiger partial charge in [-0.15, -0.1) is 0 Å². The minimum Gasteiger partial charge on any atom is -0.396 e. The van der Waals surface area contributed by atoms with Crippen LogP contribution in [0.1, 0.15) is 15.9 Å². The highest BCUT2D eigenvalue weighted by Gasteiger charge is 2.18. The number of carbonyl (C=O) groups excluding carboxylic acids is 2. The molecule has 1 heterocycles. The molecule has 1 aromatic heterocycles. The van der Waals surface area contributed by atoms with Gasteiger partial charge in [-0.05, 0) is 72.0 Å². The van der Waals surface area contributed by atoms with E-state index in [1.807, 2.05) is 18.2 Å². The van der Waals surface area contributed by atoms with E-state index in [0.29, 0.717) is 29.0 Å². The number of rotatable bonds is 6. The van der Waals surface area contributed by atoms with Crippen molar-refractivity contribution in [3.63, 3.8) is 0 Å². The molecule has 32 heavy (non-hydrogen) atoms. The third-order valence-electron chi connectivity index (χ3n) is 4.84. The predicted molar refractivity (Wildman–Crippen MR) is 127 cm³/mol. The molecule has 0 radical (unpaired) electrons. The Morgan fingerprint density at radius 3 is 2.53 bits per heavy atom. The molecule has 0 saturated heterocycles. The number of aliphatic hydroxyl groups is 1. The highest BCUT2D eigenvalue weighted by atomic mass is 32.1. The van der Waals surface area contributed by atoms with Gasteiger partial charge in [0, 0.05) is 29.6 Å². The summed E-state index contributed by atoms with van der Waals surface area (Å²) in [4.78, 5) is 25.2. The van der Waals surface area contributed by atoms with Crippen molar-refractivity contribution in [3.05, 3.63) is 84.1 Å². The fourth-order valence-electron chi connectivity index (χ4n) is 3.26. The molecule has 0 aliphatic carbocycles. The average Bonchev–Trinajstić information content (AvgIpc) is 3.28. The zero-order valence-corrected chi connectivity index (χ0v) is 17.8. The highest BCUT2D eigenvalue weighted by Crippen LogP contribution is 2.24. The summed E-state index contributed by atoms with van der Waals surface area (Å²) in [5, 5.41) is 16.4. The number of amides is 3. The lowest BCUT2D eigenvalue weighted by molar-refractivity contribution is 0.0988. The Hall–Kier alpha value is -3.79. The maximum Gasteiger partial charge on any atom is 0.323 e. The summed E-state index contributed by atoms with van der Waals surface area (Å²) < 4.78 is 5.05. The lowest BCUT2D eigenvalue weighted by Crippen LogP contribution is -2.37. The van der Waals surface area contributed by atoms with E-state index in [0.717, 1.165) is 20.7 Å². The van der Waals surface area contributed by atoms with Crippen LogP contribution in [0.15, 0.2) is 72.9 Å². The molecule has 3 aromatic carbocycles. The minimum atomic E-state index is -0.406. The largest absolute Gasteiger partial charge is 0.396 e. The molecule has 0 saturated carbocycles. The second kappa shape index (κ2) is 9.56. The Bertz CT molecular complexity index is 1260. The molecule has 8 nitrogen and oxygen atoms in total. The summed E-state index contributed by atoms with van der Waals surface area (Å²) in [6.45, 7) is 0.0436. The number of anilines is 3. The number of carbonyl (C=O) groups is 2. The first-order valence-corrected chi connectivity index (χ1v) is 10.6. The van der Waals surface area contributed by atoms with Crippen LogP contribution in [0.2, 0.25) is 0 Å². The van der Waals surface area contributed by atoms with Gasteiger partial charge >= 0.3 is 6.03 Å². The van der Waals surface area contributed by atoms with Crippen molar-refractivity contribution in [2.24, 2.45) is 5.84 Å². The van der Waals surface area contributed by atoms with E-state index in [4.69, 9.17) is 10.9 Å². The van der Waals surface area contributed by atoms with E-state index in [2.05, 4.69) is 15.0 Å². The van der Waals surface area contributed by atoms with E-state index < -0.39 is 6.03 Å². The van der Waals surface area contributed by atoms with Crippen LogP contribution < -0.4 is 21.5 Å². The standard InChI is InChI=1S/C23H21N5O3S/c24-28(22(30)19-5-2-6-21-20(19)14-25-32-21)18-9-7-16(8-10-18)26-23(31)27-17-4-1-3-15(13-17)11-12-29/h1-10,13-14,29H,11-12,24H2,(H2,26,27,31). The summed E-state index contributed by atoms with van der Waals surface area (Å²) in [6.07, 6.45) is 2.18. The lowest BCUT2D eigenvalue weighted by atomic mass is 10.1. The Kier molecular flexibility index (Phi) is 6.41. The number of nitrogens with zero attached hydrogens (tertiary/aromatic N) is 2. The van der Waals surface area contributed by atoms with Gasteiger partial charge in [-0.25, -0.2) is 15.6 Å². The van der Waals surface area contributed by atoms with Crippen LogP contribution in [0.5, 0.6) is 0 Å². The first-order chi connectivity index (χ1) is 15.5. The SMILES string of the molecule is NN(C(=O)c1cccc2sncc12)c1ccc(NC(=O)Nc2cccc(CCO)c2)cc1. The Morgan fingerprint density at radius 2 is 1.75 bits per heavy atom. The molecule has 0 spiro atoms. The molecule has 162 valence electrons. The third kappa shape index (κ3) is 4.75. The maximum atomic E-state index is 12.9. The lowest BCUT2D eigenvalue weighted by Gasteiger charge is -2.17. The summed E-state index contributed by atoms with van der Waals surface area (Å²) in [6, 6.07) is 18.9. The summed E-state index contributed by atoms with van der Waals surface area (Å²) in [7, 11) is 0. The zero-order chi connectivity index (χ0) is 22.5. The number of hydrazine groups is 1. The van der Waals surface area contributed by atoms with E-state index >= 15 is 0 Å². The van der Waals surface area contributed by atoms with Gasteiger partial charge in [-0.3, -0.25) is 4.79 Å². The molecule has 0 fully saturated rings. The van der Waals surface area contributed by atoms with Gasteiger partial charge in [-0.2, -0.15) is 4.37 Å². The number of hydrogen-bond acceptors (Lipinski definition) is 6. The Labute approximate surface area is 188 Å². The van der Waals surface area contributed by atoms with Crippen molar-refractivity contribution in [2.45, 2.75) is 6.42 Å². The normalized spacial score (nSPS) is 10.7. The molecule has 0 atom stereocenters. The number of nitrogens with one attached hydrogen (secondary N) is 2. The van der Waals surface area contributed by atoms with Crippen LogP contribution in [-0.2, 0) is 6.42 Å². The number of fused-ring (bicyclic) bond motifs is 1. The molecule has 0 bridgehead atoms. The summed E-state index contributed by atoms with van der Waals surface area (Å²) >= 11 is 1.32. The summed E-state index contributed by atoms with van der Waals surface area (Å²) in [5.41, 5.74) is 3.06. The molecule has 9 heteroatoms. The molecule has 0 aliphatic heterocycles.